The maximum absolute atomic E-state index is 12.4. The third-order valence-corrected chi connectivity index (χ3v) is 14.0. The van der Waals surface area contributed by atoms with Crippen LogP contribution in [0.5, 0.6) is 0 Å². The average Bonchev–Trinajstić information content (AvgIpc) is 3.29. The lowest BCUT2D eigenvalue weighted by atomic mass is 9.41. The first-order valence-corrected chi connectivity index (χ1v) is 14.2. The van der Waals surface area contributed by atoms with Gasteiger partial charge in [0.1, 0.15) is 12.2 Å². The standard InChI is InChI=1S/C30H46O4/c1-16(2)22-18-14-17(3)23-26(6)12-13-29-15-28(29)11-10-21(31)25(4,5)19(28)8-9-20(29)27(26,7)24(32)30(23,33-18)34-22/h17-24,31-32H,1,8-15H2,2-7H3. The molecule has 7 rings (SSSR count). The lowest BCUT2D eigenvalue weighted by molar-refractivity contribution is -0.277. The second kappa shape index (κ2) is 6.17. The summed E-state index contributed by atoms with van der Waals surface area (Å²) in [5.74, 6) is 0.892. The van der Waals surface area contributed by atoms with Crippen LogP contribution in [0.15, 0.2) is 12.2 Å². The van der Waals surface area contributed by atoms with Crippen LogP contribution in [-0.4, -0.2) is 40.4 Å². The van der Waals surface area contributed by atoms with E-state index in [1.54, 1.807) is 0 Å². The van der Waals surface area contributed by atoms with Gasteiger partial charge in [-0.3, -0.25) is 0 Å². The second-order valence-electron chi connectivity index (χ2n) is 15.1. The first-order chi connectivity index (χ1) is 15.8. The van der Waals surface area contributed by atoms with Crippen LogP contribution in [0.3, 0.4) is 0 Å². The van der Waals surface area contributed by atoms with Crippen molar-refractivity contribution in [2.45, 2.75) is 123 Å². The zero-order chi connectivity index (χ0) is 24.3. The fraction of sp³-hybridized carbons (Fsp3) is 0.933. The Bertz CT molecular complexity index is 959. The molecule has 0 radical (unpaired) electrons. The molecule has 2 aliphatic heterocycles. The van der Waals surface area contributed by atoms with Crippen molar-refractivity contribution in [1.82, 2.24) is 0 Å². The molecule has 2 saturated heterocycles. The number of hydrogen-bond acceptors (Lipinski definition) is 4. The van der Waals surface area contributed by atoms with Crippen LogP contribution < -0.4 is 0 Å². The summed E-state index contributed by atoms with van der Waals surface area (Å²) in [5, 5.41) is 23.3. The predicted octanol–water partition coefficient (Wildman–Crippen LogP) is 5.46. The molecule has 2 N–H and O–H groups in total. The van der Waals surface area contributed by atoms with Crippen molar-refractivity contribution in [2.75, 3.05) is 0 Å². The molecule has 13 atom stereocenters. The Morgan fingerprint density at radius 1 is 0.912 bits per heavy atom. The Morgan fingerprint density at radius 3 is 2.29 bits per heavy atom. The van der Waals surface area contributed by atoms with Gasteiger partial charge in [-0.2, -0.15) is 0 Å². The van der Waals surface area contributed by atoms with Crippen LogP contribution in [0, 0.1) is 50.7 Å². The summed E-state index contributed by atoms with van der Waals surface area (Å²) >= 11 is 0. The third-order valence-electron chi connectivity index (χ3n) is 14.0. The highest BCUT2D eigenvalue weighted by Crippen LogP contribution is 2.90. The minimum Gasteiger partial charge on any atom is -0.393 e. The van der Waals surface area contributed by atoms with Crippen molar-refractivity contribution in [3.05, 3.63) is 12.2 Å². The van der Waals surface area contributed by atoms with E-state index in [0.29, 0.717) is 28.6 Å². The van der Waals surface area contributed by atoms with Gasteiger partial charge in [0.15, 0.2) is 5.79 Å². The number of aliphatic hydroxyl groups excluding tert-OH is 2. The largest absolute Gasteiger partial charge is 0.393 e. The van der Waals surface area contributed by atoms with Gasteiger partial charge < -0.3 is 19.7 Å². The number of hydrogen-bond donors (Lipinski definition) is 2. The lowest BCUT2D eigenvalue weighted by Gasteiger charge is -2.63. The summed E-state index contributed by atoms with van der Waals surface area (Å²) in [6.07, 6.45) is 8.29. The molecule has 0 aromatic rings. The van der Waals surface area contributed by atoms with Gasteiger partial charge in [-0.1, -0.05) is 41.2 Å². The molecule has 13 unspecified atom stereocenters. The molecule has 0 aromatic heterocycles. The minimum absolute atomic E-state index is 0.00298. The van der Waals surface area contributed by atoms with Crippen molar-refractivity contribution in [3.8, 4) is 0 Å². The third kappa shape index (κ3) is 2.07. The number of aliphatic hydroxyl groups is 2. The molecule has 0 aromatic carbocycles. The first-order valence-electron chi connectivity index (χ1n) is 14.2. The van der Waals surface area contributed by atoms with Gasteiger partial charge >= 0.3 is 0 Å². The van der Waals surface area contributed by atoms with Crippen molar-refractivity contribution in [2.24, 2.45) is 50.7 Å². The first kappa shape index (κ1) is 22.8. The fourth-order valence-electron chi connectivity index (χ4n) is 12.5. The van der Waals surface area contributed by atoms with E-state index in [-0.39, 0.29) is 40.5 Å². The highest BCUT2D eigenvalue weighted by atomic mass is 16.8. The predicted molar refractivity (Wildman–Crippen MR) is 131 cm³/mol. The smallest absolute Gasteiger partial charge is 0.199 e. The van der Waals surface area contributed by atoms with Crippen LogP contribution in [0.1, 0.15) is 92.9 Å². The Kier molecular flexibility index (Phi) is 4.13. The van der Waals surface area contributed by atoms with Gasteiger partial charge in [0.2, 0.25) is 0 Å². The van der Waals surface area contributed by atoms with Gasteiger partial charge in [-0.05, 0) is 103 Å². The van der Waals surface area contributed by atoms with E-state index in [2.05, 4.69) is 41.2 Å². The Labute approximate surface area is 205 Å². The molecule has 7 fully saturated rings. The quantitative estimate of drug-likeness (QED) is 0.500. The summed E-state index contributed by atoms with van der Waals surface area (Å²) < 4.78 is 13.6. The molecule has 3 spiro atoms. The van der Waals surface area contributed by atoms with E-state index in [1.807, 2.05) is 6.92 Å². The molecule has 2 bridgehead atoms. The molecular formula is C30H46O4. The Morgan fingerprint density at radius 2 is 1.59 bits per heavy atom. The molecule has 2 heterocycles. The van der Waals surface area contributed by atoms with Crippen LogP contribution in [0.25, 0.3) is 0 Å². The molecule has 4 heteroatoms. The summed E-state index contributed by atoms with van der Waals surface area (Å²) in [7, 11) is 0. The van der Waals surface area contributed by atoms with Crippen molar-refractivity contribution >= 4 is 0 Å². The van der Waals surface area contributed by atoms with E-state index >= 15 is 0 Å². The molecule has 34 heavy (non-hydrogen) atoms. The van der Waals surface area contributed by atoms with E-state index in [0.717, 1.165) is 31.3 Å². The van der Waals surface area contributed by atoms with Crippen LogP contribution in [0.2, 0.25) is 0 Å². The minimum atomic E-state index is -0.887. The van der Waals surface area contributed by atoms with Gasteiger partial charge in [-0.15, -0.1) is 0 Å². The maximum atomic E-state index is 12.4. The highest BCUT2D eigenvalue weighted by Gasteiger charge is 2.87. The molecule has 5 saturated carbocycles. The summed E-state index contributed by atoms with van der Waals surface area (Å²) in [6.45, 7) is 18.2. The zero-order valence-corrected chi connectivity index (χ0v) is 22.2. The Hall–Kier alpha value is -0.420. The van der Waals surface area contributed by atoms with Gasteiger partial charge in [0.25, 0.3) is 0 Å². The fourth-order valence-corrected chi connectivity index (χ4v) is 12.5. The zero-order valence-electron chi connectivity index (χ0n) is 22.2. The van der Waals surface area contributed by atoms with E-state index in [1.165, 1.54) is 25.7 Å². The Balaban J connectivity index is 1.33. The van der Waals surface area contributed by atoms with Crippen LogP contribution >= 0.6 is 0 Å². The van der Waals surface area contributed by atoms with Gasteiger partial charge in [-0.25, -0.2) is 0 Å². The number of fused-ring (bicyclic) bond motifs is 4. The molecule has 7 aliphatic rings. The molecule has 190 valence electrons. The monoisotopic (exact) mass is 470 g/mol. The average molecular weight is 471 g/mol. The van der Waals surface area contributed by atoms with Crippen molar-refractivity contribution in [1.29, 1.82) is 0 Å². The molecule has 0 amide bonds. The molecular weight excluding hydrogens is 424 g/mol. The van der Waals surface area contributed by atoms with Crippen molar-refractivity contribution < 1.29 is 19.7 Å². The second-order valence-corrected chi connectivity index (χ2v) is 15.1. The lowest BCUT2D eigenvalue weighted by Crippen LogP contribution is -2.60. The van der Waals surface area contributed by atoms with Gasteiger partial charge in [0.05, 0.1) is 12.2 Å². The topological polar surface area (TPSA) is 58.9 Å². The normalized spacial score (nSPS) is 64.8. The summed E-state index contributed by atoms with van der Waals surface area (Å²) in [4.78, 5) is 0. The van der Waals surface area contributed by atoms with E-state index in [9.17, 15) is 10.2 Å². The van der Waals surface area contributed by atoms with Crippen LogP contribution in [0.4, 0.5) is 0 Å². The van der Waals surface area contributed by atoms with Crippen LogP contribution in [-0.2, 0) is 9.47 Å². The van der Waals surface area contributed by atoms with E-state index in [4.69, 9.17) is 9.47 Å². The maximum Gasteiger partial charge on any atom is 0.199 e. The SMILES string of the molecule is C=C(C)C1OC23OC1CC(C)C2C1(C)CCC24CC25CCC(O)C(C)(C)C5CCC4C1(C)C3O. The van der Waals surface area contributed by atoms with Gasteiger partial charge in [0, 0.05) is 11.3 Å². The number of rotatable bonds is 1. The summed E-state index contributed by atoms with van der Waals surface area (Å²) in [5.41, 5.74) is 1.47. The number of ether oxygens (including phenoxy) is 2. The van der Waals surface area contributed by atoms with Crippen molar-refractivity contribution in [3.63, 3.8) is 0 Å². The molecule has 4 nitrogen and oxygen atoms in total. The van der Waals surface area contributed by atoms with E-state index < -0.39 is 11.9 Å². The molecule has 5 aliphatic carbocycles. The highest BCUT2D eigenvalue weighted by molar-refractivity contribution is 5.34. The summed E-state index contributed by atoms with van der Waals surface area (Å²) in [6, 6.07) is 0.